The van der Waals surface area contributed by atoms with Crippen LogP contribution in [0.4, 0.5) is 39.8 Å². The van der Waals surface area contributed by atoms with Crippen molar-refractivity contribution in [3.05, 3.63) is 463 Å². The molecule has 24 nitrogen and oxygen atoms in total. The number of hydrogen-bond donors (Lipinski definition) is 24. The fourth-order valence-electron chi connectivity index (χ4n) is 14.5. The second-order valence-electron chi connectivity index (χ2n) is 32.4. The molecule has 17 aromatic carbocycles. The number of phenolic OH excluding ortho intramolecular Hbond substituents is 17. The molecular weight excluding hydrogens is 1720 g/mol. The molecule has 0 saturated heterocycles. The molecule has 24 heteroatoms. The first-order valence-electron chi connectivity index (χ1n) is 43.0. The fraction of sp³-hybridized carbons (Fsp3) is 0.0893. The number of anilines is 7. The van der Waals surface area contributed by atoms with Crippen LogP contribution in [-0.2, 0) is 64.2 Å². The van der Waals surface area contributed by atoms with Crippen LogP contribution in [0.2, 0.25) is 0 Å². The van der Waals surface area contributed by atoms with E-state index < -0.39 is 0 Å². The molecule has 0 heterocycles. The Morgan fingerprint density at radius 1 is 0.147 bits per heavy atom. The van der Waals surface area contributed by atoms with Gasteiger partial charge in [0.2, 0.25) is 0 Å². The molecule has 694 valence electrons. The minimum Gasteiger partial charge on any atom is -0.508 e. The number of rotatable bonds is 20. The van der Waals surface area contributed by atoms with E-state index in [0.29, 0.717) is 115 Å². The number of para-hydroxylation sites is 1. The molecule has 0 atom stereocenters. The summed E-state index contributed by atoms with van der Waals surface area (Å²) in [5.41, 5.74) is 63.7. The average molecular weight is 1830 g/mol. The monoisotopic (exact) mass is 1820 g/mol. The van der Waals surface area contributed by atoms with E-state index in [9.17, 15) is 66.4 Å². The fourth-order valence-corrected chi connectivity index (χ4v) is 14.5. The first-order chi connectivity index (χ1) is 65.2. The van der Waals surface area contributed by atoms with Crippen LogP contribution in [0.5, 0.6) is 97.7 Å². The van der Waals surface area contributed by atoms with Crippen LogP contribution < -0.4 is 40.1 Å². The lowest BCUT2D eigenvalue weighted by molar-refractivity contribution is 0.463. The molecule has 0 aliphatic carbocycles. The maximum absolute atomic E-state index is 10.6. The van der Waals surface area contributed by atoms with Gasteiger partial charge in [-0.2, -0.15) is 0 Å². The Morgan fingerprint density at radius 2 is 0.412 bits per heavy atom. The summed E-state index contributed by atoms with van der Waals surface area (Å²) in [7, 11) is 0. The highest BCUT2D eigenvalue weighted by molar-refractivity contribution is 5.65. The average Bonchev–Trinajstić information content (AvgIpc) is 0.814. The van der Waals surface area contributed by atoms with Crippen LogP contribution in [-0.4, -0.2) is 86.8 Å². The van der Waals surface area contributed by atoms with Crippen molar-refractivity contribution in [1.82, 2.24) is 0 Å². The Hall–Kier alpha value is -18.1. The first kappa shape index (κ1) is 98.5. The number of phenols is 17. The lowest BCUT2D eigenvalue weighted by Gasteiger charge is -2.13. The van der Waals surface area contributed by atoms with Gasteiger partial charge in [-0.25, -0.2) is 0 Å². The van der Waals surface area contributed by atoms with Gasteiger partial charge in [0.05, 0.1) is 5.69 Å². The molecular formula is C112H109N7O17. The Kier molecular flexibility index (Phi) is 34.4. The van der Waals surface area contributed by atoms with Crippen molar-refractivity contribution >= 4 is 39.8 Å². The maximum Gasteiger partial charge on any atom is 0.138 e. The lowest BCUT2D eigenvalue weighted by atomic mass is 9.96. The van der Waals surface area contributed by atoms with Crippen molar-refractivity contribution in [1.29, 1.82) is 0 Å². The van der Waals surface area contributed by atoms with E-state index in [1.807, 2.05) is 109 Å². The van der Waals surface area contributed by atoms with Crippen LogP contribution in [0.15, 0.2) is 352 Å². The second kappa shape index (κ2) is 47.5. The number of nitrogen functional groups attached to an aromatic ring is 7. The van der Waals surface area contributed by atoms with Gasteiger partial charge >= 0.3 is 0 Å². The highest BCUT2D eigenvalue weighted by atomic mass is 16.3. The van der Waals surface area contributed by atoms with Gasteiger partial charge in [0, 0.05) is 100 Å². The third-order valence-electron chi connectivity index (χ3n) is 21.9. The largest absolute Gasteiger partial charge is 0.508 e. The van der Waals surface area contributed by atoms with Crippen molar-refractivity contribution in [3.8, 4) is 97.7 Å². The van der Waals surface area contributed by atoms with Crippen LogP contribution in [0, 0.1) is 0 Å². The Bertz CT molecular complexity index is 6410. The standard InChI is InChI=1S/3C20H19NO3.4C13H13NO2/c21-20-15(11-13-1-6-16(22)7-2-13)5-10-19(24)18(20)12-14-3-8-17(23)9-4-14;21-17-11-15(9-13-1-5-18(22)6-2-13)20(24)16(12-17)10-14-3-7-19(23)8-4-14;21-20-15(9-13-1-5-17(22)6-2-13)11-19(24)12-16(20)10-14-3-7-18(23)8-4-14;14-11-3-6-13(16)10(8-11)7-9-1-4-12(15)5-2-9;14-13-8-12(16)6-3-10(13)7-9-1-4-11(15)5-2-9;14-12-2-1-3-13(16)11(12)8-9-4-6-10(15)7-5-9;14-13-10(2-1-3-12(13)16)8-9-4-6-11(15)7-5-9/h1-10,22-24H,11-12,21H2;2*1-8,11-12,22-24H,9-10,21H2;2*1-6,8,15-16H,7,14H2;2*1-7,15-16H,8,14H2. The molecule has 0 bridgehead atoms. The van der Waals surface area contributed by atoms with E-state index in [-0.39, 0.29) is 97.7 Å². The Labute approximate surface area is 787 Å². The molecule has 0 saturated carbocycles. The van der Waals surface area contributed by atoms with Gasteiger partial charge in [-0.3, -0.25) is 0 Å². The normalized spacial score (nSPS) is 10.5. The SMILES string of the molecule is Nc1c(Cc2ccc(O)cc2)cc(O)cc1Cc1ccc(O)cc1.Nc1c(Cc2ccc(O)cc2)ccc(O)c1Cc1ccc(O)cc1.Nc1c(O)cccc1Cc1ccc(O)cc1.Nc1cc(Cc2ccc(O)cc2)c(O)c(Cc2ccc(O)cc2)c1.Nc1cc(O)ccc1Cc1ccc(O)cc1.Nc1ccc(O)c(Cc2ccc(O)cc2)c1.Nc1cccc(O)c1Cc1ccc(O)cc1. The molecule has 0 aromatic heterocycles. The van der Waals surface area contributed by atoms with E-state index >= 15 is 0 Å². The van der Waals surface area contributed by atoms with Crippen molar-refractivity contribution in [2.45, 2.75) is 64.2 Å². The molecule has 17 rings (SSSR count). The summed E-state index contributed by atoms with van der Waals surface area (Å²) in [5, 5.41) is 162. The highest BCUT2D eigenvalue weighted by Gasteiger charge is 2.17. The van der Waals surface area contributed by atoms with Gasteiger partial charge in [0.15, 0.2) is 0 Å². The van der Waals surface area contributed by atoms with Gasteiger partial charge in [-0.05, 0) is 310 Å². The summed E-state index contributed by atoms with van der Waals surface area (Å²) in [5.74, 6) is 3.54. The summed E-state index contributed by atoms with van der Waals surface area (Å²) >= 11 is 0. The predicted octanol–water partition coefficient (Wildman–Crippen LogP) is 19.8. The van der Waals surface area contributed by atoms with Gasteiger partial charge < -0.3 is 127 Å². The van der Waals surface area contributed by atoms with Gasteiger partial charge in [-0.15, -0.1) is 0 Å². The summed E-state index contributed by atoms with van der Waals surface area (Å²) in [6.45, 7) is 0. The van der Waals surface area contributed by atoms with Gasteiger partial charge in [-0.1, -0.05) is 152 Å². The molecule has 0 aliphatic rings. The second-order valence-corrected chi connectivity index (χ2v) is 32.4. The van der Waals surface area contributed by atoms with Gasteiger partial charge in [0.25, 0.3) is 0 Å². The van der Waals surface area contributed by atoms with Crippen LogP contribution in [0.3, 0.4) is 0 Å². The minimum atomic E-state index is 0.108. The molecule has 17 aromatic rings. The zero-order valence-electron chi connectivity index (χ0n) is 74.2. The smallest absolute Gasteiger partial charge is 0.138 e. The van der Waals surface area contributed by atoms with Crippen LogP contribution in [0.1, 0.15) is 111 Å². The summed E-state index contributed by atoms with van der Waals surface area (Å²) in [6, 6.07) is 99.7. The minimum absolute atomic E-state index is 0.108. The molecule has 0 amide bonds. The quantitative estimate of drug-likeness (QED) is 0.0191. The Balaban J connectivity index is 0.000000154. The van der Waals surface area contributed by atoms with E-state index in [1.54, 1.807) is 237 Å². The molecule has 31 N–H and O–H groups in total. The maximum atomic E-state index is 10.6. The Morgan fingerprint density at radius 3 is 0.765 bits per heavy atom. The predicted molar refractivity (Wildman–Crippen MR) is 537 cm³/mol. The number of nitrogens with two attached hydrogens (primary N) is 7. The first-order valence-corrected chi connectivity index (χ1v) is 43.0. The van der Waals surface area contributed by atoms with Gasteiger partial charge in [0.1, 0.15) is 97.7 Å². The zero-order valence-corrected chi connectivity index (χ0v) is 74.2. The lowest BCUT2D eigenvalue weighted by Crippen LogP contribution is -2.02. The zero-order chi connectivity index (χ0) is 97.5. The number of aromatic hydroxyl groups is 17. The van der Waals surface area contributed by atoms with E-state index in [4.69, 9.17) is 60.6 Å². The summed E-state index contributed by atoms with van der Waals surface area (Å²) < 4.78 is 0. The third kappa shape index (κ3) is 30.3. The number of hydrogen-bond acceptors (Lipinski definition) is 24. The van der Waals surface area contributed by atoms with Crippen molar-refractivity contribution in [2.75, 3.05) is 40.1 Å². The third-order valence-corrected chi connectivity index (χ3v) is 21.9. The molecule has 0 fully saturated rings. The van der Waals surface area contributed by atoms with Crippen molar-refractivity contribution in [2.24, 2.45) is 0 Å². The van der Waals surface area contributed by atoms with E-state index in [0.717, 1.165) is 100 Å². The topological polar surface area (TPSA) is 526 Å². The van der Waals surface area contributed by atoms with Crippen LogP contribution >= 0.6 is 0 Å². The number of benzene rings is 17. The molecule has 0 spiro atoms. The van der Waals surface area contributed by atoms with Crippen molar-refractivity contribution < 1.29 is 86.8 Å². The van der Waals surface area contributed by atoms with E-state index in [2.05, 4.69) is 0 Å². The highest BCUT2D eigenvalue weighted by Crippen LogP contribution is 2.37. The van der Waals surface area contributed by atoms with Crippen molar-refractivity contribution in [3.63, 3.8) is 0 Å². The molecule has 0 radical (unpaired) electrons. The molecule has 0 unspecified atom stereocenters. The molecule has 0 aliphatic heterocycles. The summed E-state index contributed by atoms with van der Waals surface area (Å²) in [6.07, 6.45) is 5.78. The van der Waals surface area contributed by atoms with Crippen LogP contribution in [0.25, 0.3) is 0 Å². The molecule has 136 heavy (non-hydrogen) atoms. The van der Waals surface area contributed by atoms with E-state index in [1.165, 1.54) is 6.07 Å². The summed E-state index contributed by atoms with van der Waals surface area (Å²) in [4.78, 5) is 0.